The second-order valence-electron chi connectivity index (χ2n) is 6.04. The van der Waals surface area contributed by atoms with Crippen molar-refractivity contribution in [2.24, 2.45) is 0 Å². The molecule has 1 unspecified atom stereocenters. The number of rotatable bonds is 3. The summed E-state index contributed by atoms with van der Waals surface area (Å²) in [6, 6.07) is 0.527. The van der Waals surface area contributed by atoms with Crippen LogP contribution in [0, 0.1) is 0 Å². The third-order valence-electron chi connectivity index (χ3n) is 4.33. The van der Waals surface area contributed by atoms with Gasteiger partial charge in [0.15, 0.2) is 5.13 Å². The van der Waals surface area contributed by atoms with Crippen LogP contribution in [0.3, 0.4) is 0 Å². The van der Waals surface area contributed by atoms with Crippen LogP contribution in [0.4, 0.5) is 10.9 Å². The van der Waals surface area contributed by atoms with Gasteiger partial charge >= 0.3 is 0 Å². The minimum Gasteiger partial charge on any atom is -0.382 e. The van der Waals surface area contributed by atoms with Gasteiger partial charge in [0.25, 0.3) is 5.91 Å². The molecule has 0 aromatic carbocycles. The lowest BCUT2D eigenvalue weighted by Crippen LogP contribution is -2.37. The van der Waals surface area contributed by atoms with Crippen molar-refractivity contribution in [1.82, 2.24) is 14.8 Å². The zero-order valence-corrected chi connectivity index (χ0v) is 13.5. The Kier molecular flexibility index (Phi) is 4.03. The maximum atomic E-state index is 12.6. The Morgan fingerprint density at radius 1 is 1.33 bits per heavy atom. The van der Waals surface area contributed by atoms with Crippen LogP contribution in [0.2, 0.25) is 0 Å². The smallest absolute Gasteiger partial charge is 0.267 e. The van der Waals surface area contributed by atoms with E-state index >= 15 is 0 Å². The van der Waals surface area contributed by atoms with Crippen LogP contribution >= 0.6 is 11.3 Å². The minimum atomic E-state index is 0.0415. The van der Waals surface area contributed by atoms with Gasteiger partial charge in [-0.25, -0.2) is 4.98 Å². The Bertz CT molecular complexity index is 523. The lowest BCUT2D eigenvalue weighted by Gasteiger charge is -2.23. The first kappa shape index (κ1) is 14.6. The fraction of sp³-hybridized carbons (Fsp3) is 0.714. The number of nitrogen functional groups attached to an aromatic ring is 1. The molecule has 0 aliphatic carbocycles. The average Bonchev–Trinajstić information content (AvgIpc) is 3.17. The summed E-state index contributed by atoms with van der Waals surface area (Å²) >= 11 is 1.38. The fourth-order valence-corrected chi connectivity index (χ4v) is 4.02. The third kappa shape index (κ3) is 2.85. The molecule has 2 N–H and O–H groups in total. The summed E-state index contributed by atoms with van der Waals surface area (Å²) < 4.78 is 0. The highest BCUT2D eigenvalue weighted by Crippen LogP contribution is 2.30. The van der Waals surface area contributed by atoms with Gasteiger partial charge in [-0.3, -0.25) is 9.69 Å². The Hall–Kier alpha value is -1.34. The Balaban J connectivity index is 1.68. The van der Waals surface area contributed by atoms with Gasteiger partial charge in [-0.15, -0.1) is 0 Å². The molecule has 1 atom stereocenters. The molecule has 0 saturated carbocycles. The average molecular weight is 309 g/mol. The molecule has 6 nitrogen and oxygen atoms in total. The second kappa shape index (κ2) is 5.81. The van der Waals surface area contributed by atoms with Crippen LogP contribution in [0.15, 0.2) is 0 Å². The van der Waals surface area contributed by atoms with Crippen molar-refractivity contribution in [3.63, 3.8) is 0 Å². The molecule has 2 aliphatic heterocycles. The van der Waals surface area contributed by atoms with Crippen molar-refractivity contribution in [3.05, 3.63) is 4.88 Å². The predicted octanol–water partition coefficient (Wildman–Crippen LogP) is 1.10. The van der Waals surface area contributed by atoms with Gasteiger partial charge in [0.2, 0.25) is 0 Å². The lowest BCUT2D eigenvalue weighted by atomic mass is 10.2. The number of carbonyl (C=O) groups is 1. The first-order valence-corrected chi connectivity index (χ1v) is 8.35. The summed E-state index contributed by atoms with van der Waals surface area (Å²) in [7, 11) is 3.82. The molecule has 0 spiro atoms. The number of carbonyl (C=O) groups excluding carboxylic acids is 1. The monoisotopic (exact) mass is 309 g/mol. The highest BCUT2D eigenvalue weighted by Gasteiger charge is 2.33. The van der Waals surface area contributed by atoms with E-state index in [2.05, 4.69) is 9.88 Å². The van der Waals surface area contributed by atoms with Crippen molar-refractivity contribution >= 4 is 28.2 Å². The van der Waals surface area contributed by atoms with Gasteiger partial charge in [0.1, 0.15) is 10.7 Å². The van der Waals surface area contributed by atoms with Crippen LogP contribution in [0.1, 0.15) is 28.9 Å². The highest BCUT2D eigenvalue weighted by atomic mass is 32.1. The molecular weight excluding hydrogens is 286 g/mol. The number of aromatic nitrogens is 1. The van der Waals surface area contributed by atoms with Crippen molar-refractivity contribution in [2.75, 3.05) is 50.9 Å². The number of hydrogen-bond acceptors (Lipinski definition) is 6. The molecule has 0 bridgehead atoms. The quantitative estimate of drug-likeness (QED) is 0.906. The van der Waals surface area contributed by atoms with Crippen molar-refractivity contribution in [2.45, 2.75) is 25.3 Å². The molecule has 1 amide bonds. The van der Waals surface area contributed by atoms with Crippen LogP contribution < -0.4 is 10.6 Å². The number of likely N-dealkylation sites (tertiary alicyclic amines) is 2. The number of anilines is 2. The van der Waals surface area contributed by atoms with E-state index in [1.807, 2.05) is 23.9 Å². The van der Waals surface area contributed by atoms with E-state index in [0.29, 0.717) is 16.7 Å². The zero-order valence-electron chi connectivity index (χ0n) is 12.7. The van der Waals surface area contributed by atoms with Crippen molar-refractivity contribution < 1.29 is 4.79 Å². The van der Waals surface area contributed by atoms with E-state index in [9.17, 15) is 4.79 Å². The SMILES string of the molecule is CN(C)c1nc(N)c(C(=O)N2CCC(N3CCCC3)C2)s1. The largest absolute Gasteiger partial charge is 0.382 e. The second-order valence-corrected chi connectivity index (χ2v) is 7.02. The summed E-state index contributed by atoms with van der Waals surface area (Å²) in [4.78, 5) is 23.8. The molecule has 7 heteroatoms. The predicted molar refractivity (Wildman–Crippen MR) is 86.0 cm³/mol. The Morgan fingerprint density at radius 2 is 2.05 bits per heavy atom. The normalized spacial score (nSPS) is 23.0. The van der Waals surface area contributed by atoms with Crippen LogP contribution in [0.5, 0.6) is 0 Å². The molecule has 3 heterocycles. The maximum Gasteiger partial charge on any atom is 0.267 e. The molecule has 2 aliphatic rings. The number of hydrogen-bond donors (Lipinski definition) is 1. The van der Waals surface area contributed by atoms with Gasteiger partial charge in [-0.2, -0.15) is 0 Å². The van der Waals surface area contributed by atoms with Gasteiger partial charge in [-0.05, 0) is 32.4 Å². The van der Waals surface area contributed by atoms with Crippen molar-refractivity contribution in [3.8, 4) is 0 Å². The van der Waals surface area contributed by atoms with E-state index in [1.165, 1.54) is 37.3 Å². The van der Waals surface area contributed by atoms with Gasteiger partial charge in [-0.1, -0.05) is 11.3 Å². The van der Waals surface area contributed by atoms with Crippen LogP contribution in [-0.4, -0.2) is 67.0 Å². The van der Waals surface area contributed by atoms with E-state index < -0.39 is 0 Å². The number of nitrogens with zero attached hydrogens (tertiary/aromatic N) is 4. The van der Waals surface area contributed by atoms with Crippen LogP contribution in [0.25, 0.3) is 0 Å². The molecule has 1 aromatic rings. The molecule has 2 saturated heterocycles. The highest BCUT2D eigenvalue weighted by molar-refractivity contribution is 7.18. The molecule has 21 heavy (non-hydrogen) atoms. The molecule has 2 fully saturated rings. The van der Waals surface area contributed by atoms with Crippen LogP contribution in [-0.2, 0) is 0 Å². The Morgan fingerprint density at radius 3 is 2.67 bits per heavy atom. The van der Waals surface area contributed by atoms with E-state index in [1.54, 1.807) is 0 Å². The van der Waals surface area contributed by atoms with Gasteiger partial charge in [0.05, 0.1) is 0 Å². The maximum absolute atomic E-state index is 12.6. The standard InChI is InChI=1S/C14H23N5OS/c1-17(2)14-16-12(15)11(21-14)13(20)19-8-5-10(9-19)18-6-3-4-7-18/h10H,3-9,15H2,1-2H3. The first-order valence-electron chi connectivity index (χ1n) is 7.53. The number of amides is 1. The van der Waals surface area contributed by atoms with E-state index in [0.717, 1.165) is 24.6 Å². The summed E-state index contributed by atoms with van der Waals surface area (Å²) in [6.07, 6.45) is 3.65. The van der Waals surface area contributed by atoms with E-state index in [4.69, 9.17) is 5.73 Å². The summed E-state index contributed by atoms with van der Waals surface area (Å²) in [5.74, 6) is 0.401. The lowest BCUT2D eigenvalue weighted by molar-refractivity contribution is 0.0785. The molecule has 116 valence electrons. The molecule has 1 aromatic heterocycles. The number of nitrogens with two attached hydrogens (primary N) is 1. The zero-order chi connectivity index (χ0) is 15.0. The third-order valence-corrected chi connectivity index (χ3v) is 5.55. The van der Waals surface area contributed by atoms with Crippen molar-refractivity contribution in [1.29, 1.82) is 0 Å². The minimum absolute atomic E-state index is 0.0415. The summed E-state index contributed by atoms with van der Waals surface area (Å²) in [5, 5.41) is 0.783. The van der Waals surface area contributed by atoms with Gasteiger partial charge < -0.3 is 15.5 Å². The number of thiazole rings is 1. The summed E-state index contributed by atoms with van der Waals surface area (Å²) in [5.41, 5.74) is 5.92. The molecular formula is C14H23N5OS. The van der Waals surface area contributed by atoms with Gasteiger partial charge in [0, 0.05) is 33.2 Å². The summed E-state index contributed by atoms with van der Waals surface area (Å²) in [6.45, 7) is 4.02. The molecule has 0 radical (unpaired) electrons. The van der Waals surface area contributed by atoms with E-state index in [-0.39, 0.29) is 5.91 Å². The topological polar surface area (TPSA) is 65.7 Å². The fourth-order valence-electron chi connectivity index (χ4n) is 3.14. The first-order chi connectivity index (χ1) is 10.1. The molecule has 3 rings (SSSR count). The Labute approximate surface area is 129 Å².